The van der Waals surface area contributed by atoms with Crippen LogP contribution in [0.5, 0.6) is 11.5 Å². The van der Waals surface area contributed by atoms with Gasteiger partial charge in [0.2, 0.25) is 0 Å². The minimum Gasteiger partial charge on any atom is -0.508 e. The van der Waals surface area contributed by atoms with Gasteiger partial charge in [0.15, 0.2) is 0 Å². The highest BCUT2D eigenvalue weighted by Crippen LogP contribution is 2.26. The first-order valence-electron chi connectivity index (χ1n) is 6.50. The number of phenolic OH excluding ortho intramolecular Hbond substituents is 1. The molecule has 2 N–H and O–H groups in total. The molecule has 1 aromatic carbocycles. The fourth-order valence-electron chi connectivity index (χ4n) is 2.39. The first-order valence-corrected chi connectivity index (χ1v) is 6.50. The summed E-state index contributed by atoms with van der Waals surface area (Å²) in [6.45, 7) is 5.41. The van der Waals surface area contributed by atoms with E-state index in [9.17, 15) is 5.11 Å². The Hall–Kier alpha value is -1.26. The van der Waals surface area contributed by atoms with Crippen LogP contribution in [0, 0.1) is 5.92 Å². The summed E-state index contributed by atoms with van der Waals surface area (Å²) in [4.78, 5) is 2.26. The van der Waals surface area contributed by atoms with Gasteiger partial charge in [-0.15, -0.1) is 0 Å². The molecule has 1 atom stereocenters. The van der Waals surface area contributed by atoms with Crippen molar-refractivity contribution in [2.45, 2.75) is 19.9 Å². The molecule has 18 heavy (non-hydrogen) atoms. The minimum atomic E-state index is 0.251. The fourth-order valence-corrected chi connectivity index (χ4v) is 2.39. The molecule has 1 heterocycles. The van der Waals surface area contributed by atoms with E-state index in [1.807, 2.05) is 13.0 Å². The molecular formula is C14H21NO3. The first kappa shape index (κ1) is 13.2. The summed E-state index contributed by atoms with van der Waals surface area (Å²) in [6.07, 6.45) is 1.03. The first-order chi connectivity index (χ1) is 8.72. The number of likely N-dealkylation sites (tertiary alicyclic amines) is 1. The molecule has 100 valence electrons. The predicted molar refractivity (Wildman–Crippen MR) is 69.7 cm³/mol. The minimum absolute atomic E-state index is 0.251. The van der Waals surface area contributed by atoms with Crippen molar-refractivity contribution < 1.29 is 14.9 Å². The van der Waals surface area contributed by atoms with Crippen LogP contribution < -0.4 is 4.74 Å². The zero-order valence-electron chi connectivity index (χ0n) is 10.8. The van der Waals surface area contributed by atoms with Crippen molar-refractivity contribution in [1.82, 2.24) is 4.90 Å². The Morgan fingerprint density at radius 2 is 2.28 bits per heavy atom. The molecule has 1 unspecified atom stereocenters. The molecule has 2 rings (SSSR count). The molecular weight excluding hydrogens is 230 g/mol. The van der Waals surface area contributed by atoms with E-state index in [0.717, 1.165) is 30.8 Å². The molecule has 0 saturated carbocycles. The zero-order valence-corrected chi connectivity index (χ0v) is 10.8. The van der Waals surface area contributed by atoms with Crippen LogP contribution in [0.25, 0.3) is 0 Å². The molecule has 1 saturated heterocycles. The van der Waals surface area contributed by atoms with Crippen LogP contribution in [0.3, 0.4) is 0 Å². The Morgan fingerprint density at radius 1 is 1.44 bits per heavy atom. The number of hydrogen-bond donors (Lipinski definition) is 2. The van der Waals surface area contributed by atoms with Crippen molar-refractivity contribution in [3.8, 4) is 11.5 Å². The molecule has 1 aliphatic rings. The zero-order chi connectivity index (χ0) is 13.0. The van der Waals surface area contributed by atoms with Crippen molar-refractivity contribution in [2.75, 3.05) is 26.3 Å². The van der Waals surface area contributed by atoms with E-state index in [2.05, 4.69) is 4.90 Å². The standard InChI is InChI=1S/C14H21NO3/c1-2-18-13-3-4-14(17)12(7-13)9-15-6-5-11(8-15)10-16/h3-4,7,11,16-17H,2,5-6,8-10H2,1H3. The van der Waals surface area contributed by atoms with Crippen LogP contribution in [0.1, 0.15) is 18.9 Å². The maximum absolute atomic E-state index is 9.86. The van der Waals surface area contributed by atoms with Gasteiger partial charge in [0, 0.05) is 25.3 Å². The highest BCUT2D eigenvalue weighted by Gasteiger charge is 2.22. The molecule has 0 amide bonds. The van der Waals surface area contributed by atoms with Gasteiger partial charge in [-0.3, -0.25) is 4.90 Å². The lowest BCUT2D eigenvalue weighted by molar-refractivity contribution is 0.219. The van der Waals surface area contributed by atoms with Crippen LogP contribution >= 0.6 is 0 Å². The van der Waals surface area contributed by atoms with Gasteiger partial charge >= 0.3 is 0 Å². The lowest BCUT2D eigenvalue weighted by Gasteiger charge is -2.17. The number of nitrogens with zero attached hydrogens (tertiary/aromatic N) is 1. The summed E-state index contributed by atoms with van der Waals surface area (Å²) >= 11 is 0. The SMILES string of the molecule is CCOc1ccc(O)c(CN2CCC(CO)C2)c1. The topological polar surface area (TPSA) is 52.9 Å². The Kier molecular flexibility index (Phi) is 4.44. The number of aliphatic hydroxyl groups excluding tert-OH is 1. The number of rotatable bonds is 5. The molecule has 1 aliphatic heterocycles. The van der Waals surface area contributed by atoms with E-state index >= 15 is 0 Å². The second-order valence-electron chi connectivity index (χ2n) is 4.80. The predicted octanol–water partition coefficient (Wildman–Crippen LogP) is 1.61. The van der Waals surface area contributed by atoms with E-state index in [4.69, 9.17) is 9.84 Å². The molecule has 1 aromatic rings. The summed E-state index contributed by atoms with van der Waals surface area (Å²) in [6, 6.07) is 5.36. The normalized spacial score (nSPS) is 20.2. The quantitative estimate of drug-likeness (QED) is 0.834. The third-order valence-corrected chi connectivity index (χ3v) is 3.38. The van der Waals surface area contributed by atoms with Crippen molar-refractivity contribution >= 4 is 0 Å². The largest absolute Gasteiger partial charge is 0.508 e. The molecule has 0 radical (unpaired) electrons. The monoisotopic (exact) mass is 251 g/mol. The van der Waals surface area contributed by atoms with Crippen LogP contribution in [0.4, 0.5) is 0 Å². The summed E-state index contributed by atoms with van der Waals surface area (Å²) in [7, 11) is 0. The molecule has 4 nitrogen and oxygen atoms in total. The third kappa shape index (κ3) is 3.15. The average molecular weight is 251 g/mol. The van der Waals surface area contributed by atoms with Crippen molar-refractivity contribution in [2.24, 2.45) is 5.92 Å². The maximum Gasteiger partial charge on any atom is 0.120 e. The lowest BCUT2D eigenvalue weighted by Crippen LogP contribution is -2.21. The molecule has 0 spiro atoms. The van der Waals surface area contributed by atoms with E-state index in [0.29, 0.717) is 24.8 Å². The van der Waals surface area contributed by atoms with Gasteiger partial charge in [0.25, 0.3) is 0 Å². The lowest BCUT2D eigenvalue weighted by atomic mass is 10.1. The van der Waals surface area contributed by atoms with Gasteiger partial charge in [-0.25, -0.2) is 0 Å². The summed E-state index contributed by atoms with van der Waals surface area (Å²) in [5.74, 6) is 1.48. The highest BCUT2D eigenvalue weighted by molar-refractivity contribution is 5.39. The van der Waals surface area contributed by atoms with Gasteiger partial charge in [-0.1, -0.05) is 0 Å². The van der Waals surface area contributed by atoms with Crippen LogP contribution in [0.15, 0.2) is 18.2 Å². The number of benzene rings is 1. The summed E-state index contributed by atoms with van der Waals surface area (Å²) < 4.78 is 5.44. The number of ether oxygens (including phenoxy) is 1. The number of phenols is 1. The Balaban J connectivity index is 2.02. The van der Waals surface area contributed by atoms with Gasteiger partial charge in [0.05, 0.1) is 6.61 Å². The summed E-state index contributed by atoms with van der Waals surface area (Å²) in [5.41, 5.74) is 0.888. The van der Waals surface area contributed by atoms with E-state index in [1.54, 1.807) is 12.1 Å². The van der Waals surface area contributed by atoms with Crippen molar-refractivity contribution in [1.29, 1.82) is 0 Å². The molecule has 0 aromatic heterocycles. The second-order valence-corrected chi connectivity index (χ2v) is 4.80. The molecule has 4 heteroatoms. The van der Waals surface area contributed by atoms with E-state index in [-0.39, 0.29) is 6.61 Å². The van der Waals surface area contributed by atoms with E-state index < -0.39 is 0 Å². The Labute approximate surface area is 108 Å². The smallest absolute Gasteiger partial charge is 0.120 e. The Bertz CT molecular complexity index is 395. The maximum atomic E-state index is 9.86. The van der Waals surface area contributed by atoms with Gasteiger partial charge in [-0.05, 0) is 44.0 Å². The van der Waals surface area contributed by atoms with Gasteiger partial charge in [0.1, 0.15) is 11.5 Å². The number of aromatic hydroxyl groups is 1. The van der Waals surface area contributed by atoms with Gasteiger partial charge in [-0.2, -0.15) is 0 Å². The van der Waals surface area contributed by atoms with Crippen molar-refractivity contribution in [3.63, 3.8) is 0 Å². The highest BCUT2D eigenvalue weighted by atomic mass is 16.5. The van der Waals surface area contributed by atoms with Crippen molar-refractivity contribution in [3.05, 3.63) is 23.8 Å². The third-order valence-electron chi connectivity index (χ3n) is 3.38. The fraction of sp³-hybridized carbons (Fsp3) is 0.571. The molecule has 0 bridgehead atoms. The van der Waals surface area contributed by atoms with E-state index in [1.165, 1.54) is 0 Å². The van der Waals surface area contributed by atoms with Crippen LogP contribution in [-0.2, 0) is 6.54 Å². The molecule has 0 aliphatic carbocycles. The van der Waals surface area contributed by atoms with Crippen LogP contribution in [0.2, 0.25) is 0 Å². The van der Waals surface area contributed by atoms with Gasteiger partial charge < -0.3 is 14.9 Å². The van der Waals surface area contributed by atoms with Crippen LogP contribution in [-0.4, -0.2) is 41.4 Å². The Morgan fingerprint density at radius 3 is 2.94 bits per heavy atom. The average Bonchev–Trinajstić information content (AvgIpc) is 2.81. The summed E-state index contributed by atoms with van der Waals surface area (Å²) in [5, 5.41) is 19.0. The number of hydrogen-bond acceptors (Lipinski definition) is 4. The molecule has 1 fully saturated rings. The number of aliphatic hydroxyl groups is 1. The second kappa shape index (κ2) is 6.07.